The maximum absolute atomic E-state index is 12.5. The zero-order valence-electron chi connectivity index (χ0n) is 18.8. The highest BCUT2D eigenvalue weighted by atomic mass is 35.5. The van der Waals surface area contributed by atoms with Gasteiger partial charge in [0.25, 0.3) is 5.91 Å². The van der Waals surface area contributed by atoms with E-state index in [0.717, 1.165) is 34.3 Å². The van der Waals surface area contributed by atoms with Crippen molar-refractivity contribution in [2.75, 3.05) is 5.73 Å². The molecule has 2 aromatic rings. The summed E-state index contributed by atoms with van der Waals surface area (Å²) in [5.74, 6) is -5.60. The number of nitrogens with zero attached hydrogens (tertiary/aromatic N) is 1. The number of fused-ring (bicyclic) bond motifs is 1. The highest BCUT2D eigenvalue weighted by Gasteiger charge is 2.38. The van der Waals surface area contributed by atoms with Gasteiger partial charge in [0.05, 0.1) is 16.4 Å². The van der Waals surface area contributed by atoms with Crippen molar-refractivity contribution >= 4 is 56.7 Å². The number of carboxylic acid groups (broad SMARTS) is 2. The number of pyridine rings is 1. The fourth-order valence-corrected chi connectivity index (χ4v) is 4.36. The van der Waals surface area contributed by atoms with Gasteiger partial charge in [-0.05, 0) is 32.3 Å². The fraction of sp³-hybridized carbons (Fsp3) is 0.500. The summed E-state index contributed by atoms with van der Waals surface area (Å²) in [7, 11) is 0. The number of nitrogens with two attached hydrogens (primary N) is 1. The summed E-state index contributed by atoms with van der Waals surface area (Å²) in [5.41, 5.74) is 8.38. The number of thiophene rings is 1. The van der Waals surface area contributed by atoms with Gasteiger partial charge in [0.1, 0.15) is 9.71 Å². The number of carboxylic acids is 2. The summed E-state index contributed by atoms with van der Waals surface area (Å²) >= 11 is 7.61. The number of amides is 1. The molecule has 2 heterocycles. The average Bonchev–Trinajstić information content (AvgIpc) is 3.08. The quantitative estimate of drug-likeness (QED) is 0.353. The van der Waals surface area contributed by atoms with Gasteiger partial charge in [-0.3, -0.25) is 4.79 Å². The molecule has 16 heteroatoms. The second kappa shape index (κ2) is 12.4. The minimum absolute atomic E-state index is 0.0828. The molecule has 36 heavy (non-hydrogen) atoms. The molecule has 0 bridgehead atoms. The Morgan fingerprint density at radius 2 is 1.44 bits per heavy atom. The molecule has 3 rings (SSSR count). The van der Waals surface area contributed by atoms with Crippen molar-refractivity contribution in [3.63, 3.8) is 0 Å². The number of halogens is 7. The number of carbonyl (C=O) groups excluding carboxylic acids is 1. The number of alkyl halides is 6. The number of hydrogen-bond donors (Lipinski definition) is 4. The molecule has 202 valence electrons. The predicted molar refractivity (Wildman–Crippen MR) is 120 cm³/mol. The molecule has 0 spiro atoms. The van der Waals surface area contributed by atoms with E-state index >= 15 is 0 Å². The lowest BCUT2D eigenvalue weighted by atomic mass is 9.95. The summed E-state index contributed by atoms with van der Waals surface area (Å²) < 4.78 is 63.5. The molecule has 1 saturated carbocycles. The van der Waals surface area contributed by atoms with Gasteiger partial charge in [0.2, 0.25) is 0 Å². The molecule has 0 radical (unpaired) electrons. The van der Waals surface area contributed by atoms with Crippen molar-refractivity contribution in [2.45, 2.75) is 64.3 Å². The van der Waals surface area contributed by atoms with E-state index in [4.69, 9.17) is 37.1 Å². The Morgan fingerprint density at radius 3 is 1.86 bits per heavy atom. The van der Waals surface area contributed by atoms with E-state index in [1.54, 1.807) is 0 Å². The number of aromatic nitrogens is 1. The van der Waals surface area contributed by atoms with Gasteiger partial charge in [-0.25, -0.2) is 14.6 Å². The molecule has 1 amide bonds. The van der Waals surface area contributed by atoms with E-state index in [1.807, 2.05) is 13.8 Å². The highest BCUT2D eigenvalue weighted by molar-refractivity contribution is 7.21. The van der Waals surface area contributed by atoms with Gasteiger partial charge in [-0.1, -0.05) is 30.9 Å². The van der Waals surface area contributed by atoms with Crippen LogP contribution in [-0.4, -0.2) is 51.4 Å². The molecule has 5 N–H and O–H groups in total. The number of aryl methyl sites for hydroxylation is 2. The SMILES string of the molecule is Cc1nc2sc(C(=O)NC3CCCCC3)c(N)c2c(C)c1Cl.O=C(O)C(F)(F)F.O=C(O)C(F)(F)F. The first kappa shape index (κ1) is 31.2. The molecule has 2 aromatic heterocycles. The Hall–Kier alpha value is -2.81. The molecule has 1 aliphatic rings. The van der Waals surface area contributed by atoms with E-state index in [2.05, 4.69) is 10.3 Å². The minimum Gasteiger partial charge on any atom is -0.475 e. The Bertz CT molecular complexity index is 1090. The first-order valence-electron chi connectivity index (χ1n) is 10.1. The lowest BCUT2D eigenvalue weighted by Crippen LogP contribution is -2.36. The van der Waals surface area contributed by atoms with Gasteiger partial charge in [0, 0.05) is 11.4 Å². The summed E-state index contributed by atoms with van der Waals surface area (Å²) in [6.45, 7) is 3.79. The van der Waals surface area contributed by atoms with Gasteiger partial charge < -0.3 is 21.3 Å². The molecule has 0 aliphatic heterocycles. The van der Waals surface area contributed by atoms with Crippen molar-refractivity contribution < 1.29 is 50.9 Å². The minimum atomic E-state index is -5.08. The van der Waals surface area contributed by atoms with Crippen LogP contribution in [-0.2, 0) is 9.59 Å². The number of aliphatic carboxylic acids is 2. The van der Waals surface area contributed by atoms with E-state index in [0.29, 0.717) is 15.6 Å². The number of nitrogens with one attached hydrogen (secondary N) is 1. The molecule has 1 fully saturated rings. The van der Waals surface area contributed by atoms with E-state index < -0.39 is 24.3 Å². The van der Waals surface area contributed by atoms with Crippen LogP contribution in [0.4, 0.5) is 32.0 Å². The Morgan fingerprint density at radius 1 is 1.00 bits per heavy atom. The molecule has 0 atom stereocenters. The first-order chi connectivity index (χ1) is 16.4. The van der Waals surface area contributed by atoms with Crippen molar-refractivity contribution in [1.29, 1.82) is 0 Å². The zero-order valence-corrected chi connectivity index (χ0v) is 20.4. The average molecular weight is 566 g/mol. The highest BCUT2D eigenvalue weighted by Crippen LogP contribution is 2.38. The van der Waals surface area contributed by atoms with Crippen molar-refractivity contribution in [3.05, 3.63) is 21.2 Å². The second-order valence-corrected chi connectivity index (χ2v) is 8.95. The summed E-state index contributed by atoms with van der Waals surface area (Å²) in [4.78, 5) is 36.1. The molecule has 1 aliphatic carbocycles. The topological polar surface area (TPSA) is 143 Å². The molecule has 0 aromatic carbocycles. The Balaban J connectivity index is 0.000000383. The lowest BCUT2D eigenvalue weighted by molar-refractivity contribution is -0.193. The monoisotopic (exact) mass is 565 g/mol. The zero-order chi connectivity index (χ0) is 28.0. The van der Waals surface area contributed by atoms with Crippen LogP contribution in [0.5, 0.6) is 0 Å². The largest absolute Gasteiger partial charge is 0.490 e. The number of hydrogen-bond acceptors (Lipinski definition) is 6. The standard InChI is InChI=1S/C16H20ClN3OS.2C2HF3O2/c1-8-11-13(18)14(22-16(11)19-9(2)12(8)17)15(21)20-10-6-4-3-5-7-10;2*3-2(4,5)1(6)7/h10H,3-7,18H2,1-2H3,(H,20,21);2*(H,6,7). The lowest BCUT2D eigenvalue weighted by Gasteiger charge is -2.22. The predicted octanol–water partition coefficient (Wildman–Crippen LogP) is 5.48. The number of anilines is 1. The number of carbonyl (C=O) groups is 3. The van der Waals surface area contributed by atoms with Crippen LogP contribution in [0.1, 0.15) is 53.0 Å². The summed E-state index contributed by atoms with van der Waals surface area (Å²) in [6, 6.07) is 0.269. The van der Waals surface area contributed by atoms with Crippen LogP contribution >= 0.6 is 22.9 Å². The smallest absolute Gasteiger partial charge is 0.475 e. The van der Waals surface area contributed by atoms with Crippen LogP contribution in [0.25, 0.3) is 10.2 Å². The number of rotatable bonds is 2. The molecule has 8 nitrogen and oxygen atoms in total. The number of nitrogen functional groups attached to an aromatic ring is 1. The van der Waals surface area contributed by atoms with E-state index in [9.17, 15) is 31.1 Å². The van der Waals surface area contributed by atoms with Crippen LogP contribution < -0.4 is 11.1 Å². The normalized spacial score (nSPS) is 14.2. The third-order valence-electron chi connectivity index (χ3n) is 4.85. The Labute approximate surface area is 209 Å². The van der Waals surface area contributed by atoms with Crippen LogP contribution in [0, 0.1) is 13.8 Å². The maximum atomic E-state index is 12.5. The Kier molecular flexibility index (Phi) is 10.8. The third kappa shape index (κ3) is 8.69. The van der Waals surface area contributed by atoms with Crippen LogP contribution in [0.2, 0.25) is 5.02 Å². The third-order valence-corrected chi connectivity index (χ3v) is 6.50. The van der Waals surface area contributed by atoms with Gasteiger partial charge in [0.15, 0.2) is 0 Å². The first-order valence-corrected chi connectivity index (χ1v) is 11.3. The molecule has 0 unspecified atom stereocenters. The molecular weight excluding hydrogens is 544 g/mol. The van der Waals surface area contributed by atoms with Crippen molar-refractivity contribution in [3.8, 4) is 0 Å². The van der Waals surface area contributed by atoms with Gasteiger partial charge >= 0.3 is 24.3 Å². The van der Waals surface area contributed by atoms with Gasteiger partial charge in [-0.2, -0.15) is 26.3 Å². The molecular formula is C20H22ClF6N3O5S. The van der Waals surface area contributed by atoms with Crippen LogP contribution in [0.3, 0.4) is 0 Å². The maximum Gasteiger partial charge on any atom is 0.490 e. The van der Waals surface area contributed by atoms with E-state index in [1.165, 1.54) is 30.6 Å². The fourth-order valence-electron chi connectivity index (χ4n) is 3.12. The van der Waals surface area contributed by atoms with Crippen molar-refractivity contribution in [1.82, 2.24) is 10.3 Å². The van der Waals surface area contributed by atoms with Gasteiger partial charge in [-0.15, -0.1) is 11.3 Å². The van der Waals surface area contributed by atoms with Crippen molar-refractivity contribution in [2.24, 2.45) is 0 Å². The van der Waals surface area contributed by atoms with E-state index in [-0.39, 0.29) is 11.9 Å². The second-order valence-electron chi connectivity index (χ2n) is 7.58. The summed E-state index contributed by atoms with van der Waals surface area (Å²) in [6.07, 6.45) is -4.43. The summed E-state index contributed by atoms with van der Waals surface area (Å²) in [5, 5.41) is 18.8. The van der Waals surface area contributed by atoms with Crippen LogP contribution in [0.15, 0.2) is 0 Å². The molecule has 0 saturated heterocycles.